The fourth-order valence-corrected chi connectivity index (χ4v) is 2.06. The van der Waals surface area contributed by atoms with Crippen LogP contribution in [0.3, 0.4) is 0 Å². The van der Waals surface area contributed by atoms with Crippen molar-refractivity contribution in [3.63, 3.8) is 0 Å². The zero-order valence-electron chi connectivity index (χ0n) is 15.1. The van der Waals surface area contributed by atoms with Crippen LogP contribution in [0.15, 0.2) is 24.3 Å². The molecule has 0 heterocycles. The molecule has 1 rings (SSSR count). The minimum atomic E-state index is -1.25. The molecule has 0 aliphatic carbocycles. The number of alkyl carbamates (subject to hydrolysis) is 1. The van der Waals surface area contributed by atoms with Gasteiger partial charge in [0.15, 0.2) is 0 Å². The first-order chi connectivity index (χ1) is 11.8. The van der Waals surface area contributed by atoms with E-state index in [9.17, 15) is 19.5 Å². The number of nitrogens with one attached hydrogen (secondary N) is 1. The summed E-state index contributed by atoms with van der Waals surface area (Å²) in [7, 11) is 0. The summed E-state index contributed by atoms with van der Waals surface area (Å²) < 4.78 is 9.47. The second kappa shape index (κ2) is 13.0. The largest absolute Gasteiger partial charge is 1.00 e. The summed E-state index contributed by atoms with van der Waals surface area (Å²) in [5.41, 5.74) is 0.530. The van der Waals surface area contributed by atoms with Gasteiger partial charge in [-0.25, -0.2) is 4.79 Å². The molecule has 1 amide bonds. The van der Waals surface area contributed by atoms with Crippen LogP contribution >= 0.6 is 11.6 Å². The Kier molecular flexibility index (Phi) is 12.3. The smallest absolute Gasteiger partial charge is 0.549 e. The minimum Gasteiger partial charge on any atom is -0.549 e. The van der Waals surface area contributed by atoms with Crippen molar-refractivity contribution in [1.82, 2.24) is 5.32 Å². The summed E-state index contributed by atoms with van der Waals surface area (Å²) in [5, 5.41) is 14.1. The number of hydrogen-bond donors (Lipinski definition) is 1. The number of esters is 1. The van der Waals surface area contributed by atoms with E-state index in [1.807, 2.05) is 6.92 Å². The average Bonchev–Trinajstić information content (AvgIpc) is 2.58. The third-order valence-electron chi connectivity index (χ3n) is 3.67. The molecule has 2 atom stereocenters. The number of carbonyl (C=O) groups excluding carboxylic acids is 3. The van der Waals surface area contributed by atoms with E-state index in [1.165, 1.54) is 0 Å². The number of ether oxygens (including phenoxy) is 2. The Morgan fingerprint density at radius 3 is 2.35 bits per heavy atom. The van der Waals surface area contributed by atoms with Crippen molar-refractivity contribution in [3.8, 4) is 0 Å². The molecule has 0 bridgehead atoms. The molecule has 7 nitrogen and oxygen atoms in total. The molecule has 26 heavy (non-hydrogen) atoms. The predicted octanol–water partition coefficient (Wildman–Crippen LogP) is -1.16. The summed E-state index contributed by atoms with van der Waals surface area (Å²) in [4.78, 5) is 34.1. The van der Waals surface area contributed by atoms with Crippen LogP contribution in [0.1, 0.15) is 38.2 Å². The van der Waals surface area contributed by atoms with E-state index in [1.54, 1.807) is 31.2 Å². The average molecular weight is 394 g/mol. The number of aliphatic carboxylic acids is 1. The van der Waals surface area contributed by atoms with E-state index in [-0.39, 0.29) is 48.4 Å². The standard InChI is InChI=1S/C17H22ClNO6.Na/c1-3-11(2)16(22)24-10-25-17(23)19-9-8-14(15(20)21)12-4-6-13(18)7-5-12;/h4-7,11,14H,3,8-10H2,1-2H3,(H,19,23)(H,20,21);/q;+1/p-1. The maximum absolute atomic E-state index is 11.5. The molecule has 0 aliphatic rings. The van der Waals surface area contributed by atoms with Crippen molar-refractivity contribution in [1.29, 1.82) is 0 Å². The van der Waals surface area contributed by atoms with Crippen LogP contribution < -0.4 is 40.0 Å². The van der Waals surface area contributed by atoms with E-state index in [0.29, 0.717) is 17.0 Å². The van der Waals surface area contributed by atoms with Crippen LogP contribution in [-0.4, -0.2) is 31.4 Å². The maximum atomic E-state index is 11.5. The molecule has 0 saturated heterocycles. The molecule has 2 unspecified atom stereocenters. The number of carboxylic acids is 1. The van der Waals surface area contributed by atoms with Gasteiger partial charge in [-0.3, -0.25) is 4.79 Å². The van der Waals surface area contributed by atoms with Gasteiger partial charge in [0.2, 0.25) is 6.79 Å². The minimum absolute atomic E-state index is 0. The van der Waals surface area contributed by atoms with Gasteiger partial charge in [0.25, 0.3) is 0 Å². The maximum Gasteiger partial charge on any atom is 1.00 e. The molecule has 0 fully saturated rings. The molecule has 9 heteroatoms. The van der Waals surface area contributed by atoms with E-state index in [4.69, 9.17) is 21.1 Å². The SMILES string of the molecule is CCC(C)C(=O)OCOC(=O)NCCC(C(=O)[O-])c1ccc(Cl)cc1.[Na+]. The molecule has 138 valence electrons. The van der Waals surface area contributed by atoms with Crippen molar-refractivity contribution in [3.05, 3.63) is 34.9 Å². The Bertz CT molecular complexity index is 595. The van der Waals surface area contributed by atoms with E-state index < -0.39 is 30.7 Å². The summed E-state index contributed by atoms with van der Waals surface area (Å²) >= 11 is 5.77. The molecule has 0 saturated carbocycles. The monoisotopic (exact) mass is 393 g/mol. The molecule has 0 spiro atoms. The predicted molar refractivity (Wildman–Crippen MR) is 88.7 cm³/mol. The number of hydrogen-bond acceptors (Lipinski definition) is 6. The number of amides is 1. The van der Waals surface area contributed by atoms with Gasteiger partial charge in [0.1, 0.15) is 0 Å². The van der Waals surface area contributed by atoms with Crippen molar-refractivity contribution in [2.45, 2.75) is 32.6 Å². The summed E-state index contributed by atoms with van der Waals surface area (Å²) in [6.45, 7) is 3.11. The molecule has 0 aliphatic heterocycles. The second-order valence-corrected chi connectivity index (χ2v) is 5.90. The van der Waals surface area contributed by atoms with Gasteiger partial charge < -0.3 is 24.7 Å². The number of halogens is 1. The summed E-state index contributed by atoms with van der Waals surface area (Å²) in [5.74, 6) is -2.86. The van der Waals surface area contributed by atoms with Gasteiger partial charge >= 0.3 is 41.6 Å². The van der Waals surface area contributed by atoms with E-state index in [2.05, 4.69) is 5.32 Å². The number of carbonyl (C=O) groups is 3. The van der Waals surface area contributed by atoms with Crippen LogP contribution in [-0.2, 0) is 19.1 Å². The number of rotatable bonds is 9. The first-order valence-electron chi connectivity index (χ1n) is 7.88. The van der Waals surface area contributed by atoms with Gasteiger partial charge in [-0.15, -0.1) is 0 Å². The van der Waals surface area contributed by atoms with Crippen LogP contribution in [0.25, 0.3) is 0 Å². The number of carboxylic acid groups (broad SMARTS) is 1. The Balaban J connectivity index is 0.00000625. The van der Waals surface area contributed by atoms with Crippen molar-refractivity contribution in [2.24, 2.45) is 5.92 Å². The van der Waals surface area contributed by atoms with Crippen molar-refractivity contribution < 1.29 is 58.5 Å². The second-order valence-electron chi connectivity index (χ2n) is 5.46. The van der Waals surface area contributed by atoms with E-state index in [0.717, 1.165) is 0 Å². The van der Waals surface area contributed by atoms with Gasteiger partial charge in [0.05, 0.1) is 5.92 Å². The summed E-state index contributed by atoms with van der Waals surface area (Å²) in [6.07, 6.45) is -0.0587. The Morgan fingerprint density at radius 1 is 1.19 bits per heavy atom. The zero-order valence-corrected chi connectivity index (χ0v) is 17.9. The molecular weight excluding hydrogens is 373 g/mol. The van der Waals surface area contributed by atoms with Crippen LogP contribution in [0, 0.1) is 5.92 Å². The molecule has 1 N–H and O–H groups in total. The first kappa shape index (κ1) is 24.7. The zero-order chi connectivity index (χ0) is 18.8. The third-order valence-corrected chi connectivity index (χ3v) is 3.92. The van der Waals surface area contributed by atoms with Crippen LogP contribution in [0.5, 0.6) is 0 Å². The van der Waals surface area contributed by atoms with E-state index >= 15 is 0 Å². The topological polar surface area (TPSA) is 105 Å². The van der Waals surface area contributed by atoms with Crippen LogP contribution in [0.2, 0.25) is 5.02 Å². The van der Waals surface area contributed by atoms with Gasteiger partial charge in [-0.1, -0.05) is 37.6 Å². The molecule has 0 radical (unpaired) electrons. The van der Waals surface area contributed by atoms with Gasteiger partial charge in [-0.2, -0.15) is 0 Å². The van der Waals surface area contributed by atoms with Crippen LogP contribution in [0.4, 0.5) is 4.79 Å². The normalized spacial score (nSPS) is 12.3. The van der Waals surface area contributed by atoms with Gasteiger partial charge in [0, 0.05) is 23.5 Å². The molecule has 0 aromatic heterocycles. The molecular formula is C17H21ClNNaO6. The fourth-order valence-electron chi connectivity index (χ4n) is 1.94. The number of benzene rings is 1. The Labute approximate surface area is 179 Å². The quantitative estimate of drug-likeness (QED) is 0.322. The van der Waals surface area contributed by atoms with Gasteiger partial charge in [-0.05, 0) is 30.5 Å². The Morgan fingerprint density at radius 2 is 1.81 bits per heavy atom. The van der Waals surface area contributed by atoms with Crippen molar-refractivity contribution >= 4 is 29.6 Å². The first-order valence-corrected chi connectivity index (χ1v) is 8.26. The molecule has 1 aromatic rings. The molecule has 1 aromatic carbocycles. The summed E-state index contributed by atoms with van der Waals surface area (Å²) in [6, 6.07) is 6.35. The Hall–Kier alpha value is -1.28. The fraction of sp³-hybridized carbons (Fsp3) is 0.471. The third kappa shape index (κ3) is 8.89. The van der Waals surface area contributed by atoms with Crippen molar-refractivity contribution in [2.75, 3.05) is 13.3 Å².